The molecule has 0 saturated heterocycles. The molecule has 9 heteroatoms. The Morgan fingerprint density at radius 1 is 1.11 bits per heavy atom. The van der Waals surface area contributed by atoms with E-state index in [0.717, 1.165) is 36.6 Å². The van der Waals surface area contributed by atoms with Crippen molar-refractivity contribution in [3.63, 3.8) is 0 Å². The molecule has 0 unspecified atom stereocenters. The molecular weight excluding hydrogens is 368 g/mol. The van der Waals surface area contributed by atoms with E-state index < -0.39 is 35.1 Å². The molecule has 1 heterocycles. The van der Waals surface area contributed by atoms with Crippen LogP contribution in [0.2, 0.25) is 0 Å². The van der Waals surface area contributed by atoms with Crippen molar-refractivity contribution >= 4 is 29.2 Å². The fraction of sp³-hybridized carbons (Fsp3) is 0.211. The van der Waals surface area contributed by atoms with Crippen molar-refractivity contribution in [2.75, 3.05) is 25.2 Å². The molecular formula is C19H16N2O7. The topological polar surface area (TPSA) is 116 Å². The van der Waals surface area contributed by atoms with E-state index in [0.29, 0.717) is 13.0 Å². The van der Waals surface area contributed by atoms with E-state index in [4.69, 9.17) is 4.74 Å². The molecule has 2 aromatic rings. The lowest BCUT2D eigenvalue weighted by Crippen LogP contribution is -2.33. The summed E-state index contributed by atoms with van der Waals surface area (Å²) in [6.45, 7) is -0.0392. The van der Waals surface area contributed by atoms with Crippen LogP contribution in [0.3, 0.4) is 0 Å². The Hall–Kier alpha value is -3.75. The first-order chi connectivity index (χ1) is 13.4. The minimum Gasteiger partial charge on any atom is -0.465 e. The molecule has 0 aromatic heterocycles. The Labute approximate surface area is 159 Å². The van der Waals surface area contributed by atoms with Crippen LogP contribution in [-0.4, -0.2) is 43.0 Å². The van der Waals surface area contributed by atoms with Crippen molar-refractivity contribution in [3.8, 4) is 0 Å². The lowest BCUT2D eigenvalue weighted by Gasteiger charge is -2.17. The second-order valence-electron chi connectivity index (χ2n) is 6.02. The molecule has 9 nitrogen and oxygen atoms in total. The number of benzene rings is 2. The number of rotatable bonds is 5. The number of nitro benzene ring substituents is 1. The van der Waals surface area contributed by atoms with Crippen molar-refractivity contribution in [2.24, 2.45) is 0 Å². The van der Waals surface area contributed by atoms with Gasteiger partial charge in [-0.1, -0.05) is 18.2 Å². The van der Waals surface area contributed by atoms with Crippen LogP contribution in [0.15, 0.2) is 42.5 Å². The standard InChI is InChI=1S/C19H16N2O7/c1-27-18(23)13-8-14(10-15(9-13)21(25)26)19(24)28-11-17(22)20-7-6-12-4-2-3-5-16(12)20/h2-5,8-10H,6-7,11H2,1H3. The number of hydrogen-bond donors (Lipinski definition) is 0. The minimum absolute atomic E-state index is 0.163. The molecule has 3 rings (SSSR count). The van der Waals surface area contributed by atoms with Crippen molar-refractivity contribution in [1.82, 2.24) is 0 Å². The smallest absolute Gasteiger partial charge is 0.338 e. The molecule has 0 radical (unpaired) electrons. The van der Waals surface area contributed by atoms with Crippen molar-refractivity contribution in [1.29, 1.82) is 0 Å². The molecule has 0 fully saturated rings. The SMILES string of the molecule is COC(=O)c1cc(C(=O)OCC(=O)N2CCc3ccccc32)cc([N+](=O)[O-])c1. The summed E-state index contributed by atoms with van der Waals surface area (Å²) in [6.07, 6.45) is 0.712. The maximum atomic E-state index is 12.4. The number of fused-ring (bicyclic) bond motifs is 1. The molecule has 1 aliphatic heterocycles. The van der Waals surface area contributed by atoms with Crippen LogP contribution in [0.5, 0.6) is 0 Å². The molecule has 0 atom stereocenters. The zero-order chi connectivity index (χ0) is 20.3. The Morgan fingerprint density at radius 2 is 1.79 bits per heavy atom. The van der Waals surface area contributed by atoms with Gasteiger partial charge in [0.15, 0.2) is 6.61 Å². The third kappa shape index (κ3) is 3.83. The maximum absolute atomic E-state index is 12.4. The quantitative estimate of drug-likeness (QED) is 0.440. The zero-order valence-electron chi connectivity index (χ0n) is 14.9. The van der Waals surface area contributed by atoms with Crippen LogP contribution in [0, 0.1) is 10.1 Å². The van der Waals surface area contributed by atoms with Crippen molar-refractivity contribution in [3.05, 3.63) is 69.3 Å². The van der Waals surface area contributed by atoms with Gasteiger partial charge in [0.05, 0.1) is 23.2 Å². The number of esters is 2. The third-order valence-corrected chi connectivity index (χ3v) is 4.30. The Kier molecular flexibility index (Phi) is 5.35. The number of methoxy groups -OCH3 is 1. The lowest BCUT2D eigenvalue weighted by molar-refractivity contribution is -0.384. The van der Waals surface area contributed by atoms with E-state index >= 15 is 0 Å². The fourth-order valence-electron chi connectivity index (χ4n) is 2.96. The molecule has 0 spiro atoms. The van der Waals surface area contributed by atoms with Crippen LogP contribution in [0.4, 0.5) is 11.4 Å². The highest BCUT2D eigenvalue weighted by Crippen LogP contribution is 2.27. The molecule has 0 aliphatic carbocycles. The van der Waals surface area contributed by atoms with Crippen LogP contribution >= 0.6 is 0 Å². The summed E-state index contributed by atoms with van der Waals surface area (Å²) in [5, 5.41) is 11.0. The minimum atomic E-state index is -0.949. The number of carbonyl (C=O) groups excluding carboxylic acids is 3. The molecule has 1 amide bonds. The van der Waals surface area contributed by atoms with Gasteiger partial charge in [-0.15, -0.1) is 0 Å². The average molecular weight is 384 g/mol. The van der Waals surface area contributed by atoms with Crippen molar-refractivity contribution < 1.29 is 28.8 Å². The number of amides is 1. The summed E-state index contributed by atoms with van der Waals surface area (Å²) >= 11 is 0. The second kappa shape index (κ2) is 7.87. The first kappa shape index (κ1) is 19.0. The number of ether oxygens (including phenoxy) is 2. The number of carbonyl (C=O) groups is 3. The molecule has 144 valence electrons. The van der Waals surface area contributed by atoms with E-state index in [1.807, 2.05) is 24.3 Å². The Morgan fingerprint density at radius 3 is 2.46 bits per heavy atom. The Bertz CT molecular complexity index is 971. The molecule has 28 heavy (non-hydrogen) atoms. The Balaban J connectivity index is 1.73. The maximum Gasteiger partial charge on any atom is 0.338 e. The zero-order valence-corrected chi connectivity index (χ0v) is 14.9. The van der Waals surface area contributed by atoms with Crippen LogP contribution in [-0.2, 0) is 20.7 Å². The van der Waals surface area contributed by atoms with E-state index in [9.17, 15) is 24.5 Å². The second-order valence-corrected chi connectivity index (χ2v) is 6.02. The molecule has 1 aliphatic rings. The van der Waals surface area contributed by atoms with Crippen LogP contribution in [0.1, 0.15) is 26.3 Å². The van der Waals surface area contributed by atoms with Crippen LogP contribution in [0.25, 0.3) is 0 Å². The largest absolute Gasteiger partial charge is 0.465 e. The summed E-state index contributed by atoms with van der Waals surface area (Å²) < 4.78 is 9.55. The third-order valence-electron chi connectivity index (χ3n) is 4.30. The predicted molar refractivity (Wildman–Crippen MR) is 97.2 cm³/mol. The van der Waals surface area contributed by atoms with Gasteiger partial charge in [-0.2, -0.15) is 0 Å². The monoisotopic (exact) mass is 384 g/mol. The normalized spacial score (nSPS) is 12.2. The summed E-state index contributed by atoms with van der Waals surface area (Å²) in [4.78, 5) is 48.2. The van der Waals surface area contributed by atoms with Gasteiger partial charge >= 0.3 is 11.9 Å². The number of nitro groups is 1. The van der Waals surface area contributed by atoms with E-state index in [1.165, 1.54) is 4.90 Å². The molecule has 0 saturated carbocycles. The first-order valence-electron chi connectivity index (χ1n) is 8.34. The summed E-state index contributed by atoms with van der Waals surface area (Å²) in [5.74, 6) is -2.19. The van der Waals surface area contributed by atoms with Gasteiger partial charge < -0.3 is 14.4 Å². The van der Waals surface area contributed by atoms with Crippen LogP contribution < -0.4 is 4.90 Å². The lowest BCUT2D eigenvalue weighted by atomic mass is 10.1. The van der Waals surface area contributed by atoms with Crippen molar-refractivity contribution in [2.45, 2.75) is 6.42 Å². The summed E-state index contributed by atoms with van der Waals surface area (Å²) in [7, 11) is 1.12. The van der Waals surface area contributed by atoms with E-state index in [1.54, 1.807) is 0 Å². The highest BCUT2D eigenvalue weighted by atomic mass is 16.6. The number of non-ortho nitro benzene ring substituents is 1. The van der Waals surface area contributed by atoms with Gasteiger partial charge in [-0.3, -0.25) is 14.9 Å². The van der Waals surface area contributed by atoms with Gasteiger partial charge in [0, 0.05) is 24.4 Å². The highest BCUT2D eigenvalue weighted by molar-refractivity contribution is 6.00. The van der Waals surface area contributed by atoms with Gasteiger partial charge in [0.2, 0.25) is 0 Å². The number of para-hydroxylation sites is 1. The molecule has 2 aromatic carbocycles. The van der Waals surface area contributed by atoms with Gasteiger partial charge in [-0.25, -0.2) is 9.59 Å². The molecule has 0 N–H and O–H groups in total. The fourth-order valence-corrected chi connectivity index (χ4v) is 2.96. The average Bonchev–Trinajstić information content (AvgIpc) is 3.15. The first-order valence-corrected chi connectivity index (χ1v) is 8.34. The number of hydrogen-bond acceptors (Lipinski definition) is 7. The van der Waals surface area contributed by atoms with Gasteiger partial charge in [0.1, 0.15) is 0 Å². The predicted octanol–water partition coefficient (Wildman–Crippen LogP) is 2.13. The van der Waals surface area contributed by atoms with E-state index in [2.05, 4.69) is 4.74 Å². The van der Waals surface area contributed by atoms with Gasteiger partial charge in [-0.05, 0) is 24.1 Å². The van der Waals surface area contributed by atoms with E-state index in [-0.39, 0.29) is 11.1 Å². The summed E-state index contributed by atoms with van der Waals surface area (Å²) in [6, 6.07) is 10.5. The summed E-state index contributed by atoms with van der Waals surface area (Å²) in [5.41, 5.74) is 0.956. The number of nitrogens with zero attached hydrogens (tertiary/aromatic N) is 2. The number of anilines is 1. The highest BCUT2D eigenvalue weighted by Gasteiger charge is 2.26. The van der Waals surface area contributed by atoms with Gasteiger partial charge in [0.25, 0.3) is 11.6 Å². The molecule has 0 bridgehead atoms.